The molecule has 118 valence electrons. The van der Waals surface area contributed by atoms with E-state index in [9.17, 15) is 9.90 Å². The summed E-state index contributed by atoms with van der Waals surface area (Å²) in [5, 5.41) is 12.7. The SMILES string of the molecule is CC(O)C1CCN(C(=O)Cc2csc(C(C)(C)C)n2)CC1. The highest BCUT2D eigenvalue weighted by Gasteiger charge is 2.26. The summed E-state index contributed by atoms with van der Waals surface area (Å²) in [6.45, 7) is 9.76. The molecule has 0 aliphatic carbocycles. The van der Waals surface area contributed by atoms with Gasteiger partial charge in [-0.1, -0.05) is 20.8 Å². The molecule has 0 radical (unpaired) electrons. The fraction of sp³-hybridized carbons (Fsp3) is 0.750. The van der Waals surface area contributed by atoms with Gasteiger partial charge in [0.05, 0.1) is 23.2 Å². The summed E-state index contributed by atoms with van der Waals surface area (Å²) in [5.41, 5.74) is 0.925. The zero-order valence-electron chi connectivity index (χ0n) is 13.4. The molecule has 0 spiro atoms. The highest BCUT2D eigenvalue weighted by atomic mass is 32.1. The Balaban J connectivity index is 1.89. The van der Waals surface area contributed by atoms with Crippen LogP contribution in [0, 0.1) is 5.92 Å². The van der Waals surface area contributed by atoms with Crippen LogP contribution < -0.4 is 0 Å². The van der Waals surface area contributed by atoms with Crippen molar-refractivity contribution in [2.24, 2.45) is 5.92 Å². The second kappa shape index (κ2) is 6.44. The molecular formula is C16H26N2O2S. The van der Waals surface area contributed by atoms with Gasteiger partial charge in [0.15, 0.2) is 0 Å². The van der Waals surface area contributed by atoms with Crippen LogP contribution in [0.2, 0.25) is 0 Å². The number of piperidine rings is 1. The van der Waals surface area contributed by atoms with Gasteiger partial charge in [-0.05, 0) is 25.7 Å². The number of carbonyl (C=O) groups is 1. The Morgan fingerprint density at radius 3 is 2.57 bits per heavy atom. The van der Waals surface area contributed by atoms with Crippen LogP contribution in [0.5, 0.6) is 0 Å². The van der Waals surface area contributed by atoms with Crippen molar-refractivity contribution in [3.8, 4) is 0 Å². The fourth-order valence-electron chi connectivity index (χ4n) is 2.63. The average Bonchev–Trinajstić information content (AvgIpc) is 2.87. The molecule has 0 saturated carbocycles. The average molecular weight is 310 g/mol. The van der Waals surface area contributed by atoms with E-state index in [1.165, 1.54) is 0 Å². The number of amides is 1. The molecule has 1 aliphatic heterocycles. The van der Waals surface area contributed by atoms with Crippen LogP contribution in [0.25, 0.3) is 0 Å². The van der Waals surface area contributed by atoms with Gasteiger partial charge >= 0.3 is 0 Å². The normalized spacial score (nSPS) is 18.8. The van der Waals surface area contributed by atoms with E-state index >= 15 is 0 Å². The third-order valence-electron chi connectivity index (χ3n) is 4.10. The number of hydrogen-bond acceptors (Lipinski definition) is 4. The van der Waals surface area contributed by atoms with E-state index in [4.69, 9.17) is 0 Å². The topological polar surface area (TPSA) is 53.4 Å². The van der Waals surface area contributed by atoms with Crippen LogP contribution in [0.3, 0.4) is 0 Å². The molecule has 0 bridgehead atoms. The van der Waals surface area contributed by atoms with E-state index in [-0.39, 0.29) is 17.4 Å². The molecule has 1 atom stereocenters. The van der Waals surface area contributed by atoms with Crippen LogP contribution in [0.15, 0.2) is 5.38 Å². The lowest BCUT2D eigenvalue weighted by Gasteiger charge is -2.33. The Kier molecular flexibility index (Phi) is 5.04. The van der Waals surface area contributed by atoms with Gasteiger partial charge in [-0.3, -0.25) is 4.79 Å². The fourth-order valence-corrected chi connectivity index (χ4v) is 3.54. The van der Waals surface area contributed by atoms with E-state index < -0.39 is 0 Å². The number of carbonyl (C=O) groups excluding carboxylic acids is 1. The van der Waals surface area contributed by atoms with Crippen molar-refractivity contribution in [3.05, 3.63) is 16.1 Å². The zero-order valence-corrected chi connectivity index (χ0v) is 14.2. The second-order valence-electron chi connectivity index (χ2n) is 7.03. The molecule has 1 fully saturated rings. The van der Waals surface area contributed by atoms with Crippen LogP contribution in [-0.4, -0.2) is 40.1 Å². The number of thiazole rings is 1. The molecule has 0 aromatic carbocycles. The summed E-state index contributed by atoms with van der Waals surface area (Å²) in [6, 6.07) is 0. The first-order chi connectivity index (χ1) is 9.77. The Hall–Kier alpha value is -0.940. The van der Waals surface area contributed by atoms with Gasteiger partial charge < -0.3 is 10.0 Å². The predicted molar refractivity (Wildman–Crippen MR) is 85.5 cm³/mol. The van der Waals surface area contributed by atoms with E-state index in [1.807, 2.05) is 17.2 Å². The van der Waals surface area contributed by atoms with Crippen LogP contribution in [-0.2, 0) is 16.6 Å². The molecule has 2 heterocycles. The third kappa shape index (κ3) is 4.27. The predicted octanol–water partition coefficient (Wildman–Crippen LogP) is 2.60. The lowest BCUT2D eigenvalue weighted by Crippen LogP contribution is -2.41. The number of likely N-dealkylation sites (tertiary alicyclic amines) is 1. The highest BCUT2D eigenvalue weighted by Crippen LogP contribution is 2.26. The smallest absolute Gasteiger partial charge is 0.228 e. The maximum atomic E-state index is 12.3. The minimum Gasteiger partial charge on any atom is -0.393 e. The first-order valence-corrected chi connectivity index (χ1v) is 8.56. The molecule has 1 aromatic heterocycles. The van der Waals surface area contributed by atoms with Crippen molar-refractivity contribution in [3.63, 3.8) is 0 Å². The third-order valence-corrected chi connectivity index (χ3v) is 5.42. The van der Waals surface area contributed by atoms with Gasteiger partial charge in [0.2, 0.25) is 5.91 Å². The molecule has 1 amide bonds. The monoisotopic (exact) mass is 310 g/mol. The number of aliphatic hydroxyl groups is 1. The van der Waals surface area contributed by atoms with Crippen LogP contribution in [0.4, 0.5) is 0 Å². The van der Waals surface area contributed by atoms with Crippen molar-refractivity contribution in [1.29, 1.82) is 0 Å². The molecule has 1 aliphatic rings. The molecule has 1 unspecified atom stereocenters. The molecule has 21 heavy (non-hydrogen) atoms. The standard InChI is InChI=1S/C16H26N2O2S/c1-11(19)12-5-7-18(8-6-12)14(20)9-13-10-21-15(17-13)16(2,3)4/h10-12,19H,5-9H2,1-4H3. The summed E-state index contributed by atoms with van der Waals surface area (Å²) in [6.07, 6.45) is 1.92. The van der Waals surface area contributed by atoms with Crippen molar-refractivity contribution < 1.29 is 9.90 Å². The summed E-state index contributed by atoms with van der Waals surface area (Å²) in [4.78, 5) is 18.8. The largest absolute Gasteiger partial charge is 0.393 e. The quantitative estimate of drug-likeness (QED) is 0.933. The van der Waals surface area contributed by atoms with Gasteiger partial charge in [0, 0.05) is 23.9 Å². The maximum absolute atomic E-state index is 12.3. The van der Waals surface area contributed by atoms with Crippen molar-refractivity contribution >= 4 is 17.2 Å². The van der Waals surface area contributed by atoms with E-state index in [1.54, 1.807) is 11.3 Å². The Labute approximate surface area is 131 Å². The Morgan fingerprint density at radius 2 is 2.10 bits per heavy atom. The molecule has 4 nitrogen and oxygen atoms in total. The van der Waals surface area contributed by atoms with Gasteiger partial charge in [-0.15, -0.1) is 11.3 Å². The Bertz CT molecular complexity index is 483. The number of aliphatic hydroxyl groups excluding tert-OH is 1. The first-order valence-electron chi connectivity index (χ1n) is 7.68. The first kappa shape index (κ1) is 16.4. The minimum atomic E-state index is -0.268. The Morgan fingerprint density at radius 1 is 1.48 bits per heavy atom. The number of aromatic nitrogens is 1. The van der Waals surface area contributed by atoms with E-state index in [0.717, 1.165) is 36.6 Å². The van der Waals surface area contributed by atoms with Crippen molar-refractivity contribution in [2.45, 2.75) is 58.5 Å². The van der Waals surface area contributed by atoms with Gasteiger partial charge in [-0.2, -0.15) is 0 Å². The lowest BCUT2D eigenvalue weighted by atomic mass is 9.92. The molecular weight excluding hydrogens is 284 g/mol. The summed E-state index contributed by atoms with van der Waals surface area (Å²) < 4.78 is 0. The van der Waals surface area contributed by atoms with E-state index in [0.29, 0.717) is 12.3 Å². The summed E-state index contributed by atoms with van der Waals surface area (Å²) >= 11 is 1.63. The summed E-state index contributed by atoms with van der Waals surface area (Å²) in [7, 11) is 0. The molecule has 5 heteroatoms. The van der Waals surface area contributed by atoms with E-state index in [2.05, 4.69) is 25.8 Å². The minimum absolute atomic E-state index is 0.0432. The zero-order chi connectivity index (χ0) is 15.6. The molecule has 1 N–H and O–H groups in total. The lowest BCUT2D eigenvalue weighted by molar-refractivity contribution is -0.132. The number of rotatable bonds is 3. The van der Waals surface area contributed by atoms with Crippen molar-refractivity contribution in [2.75, 3.05) is 13.1 Å². The van der Waals surface area contributed by atoms with Crippen LogP contribution in [0.1, 0.15) is 51.2 Å². The van der Waals surface area contributed by atoms with Gasteiger partial charge in [0.1, 0.15) is 0 Å². The second-order valence-corrected chi connectivity index (χ2v) is 7.89. The molecule has 2 rings (SSSR count). The van der Waals surface area contributed by atoms with Crippen molar-refractivity contribution in [1.82, 2.24) is 9.88 Å². The maximum Gasteiger partial charge on any atom is 0.228 e. The molecule has 1 aromatic rings. The number of nitrogens with zero attached hydrogens (tertiary/aromatic N) is 2. The van der Waals surface area contributed by atoms with Gasteiger partial charge in [0.25, 0.3) is 0 Å². The summed E-state index contributed by atoms with van der Waals surface area (Å²) in [5.74, 6) is 0.491. The highest BCUT2D eigenvalue weighted by molar-refractivity contribution is 7.09. The van der Waals surface area contributed by atoms with Gasteiger partial charge in [-0.25, -0.2) is 4.98 Å². The molecule has 1 saturated heterocycles. The van der Waals surface area contributed by atoms with Crippen LogP contribution >= 0.6 is 11.3 Å². The number of hydrogen-bond donors (Lipinski definition) is 1.